The van der Waals surface area contributed by atoms with Crippen LogP contribution in [0.2, 0.25) is 0 Å². The molecule has 2 aromatic rings. The minimum atomic E-state index is -0.0434. The normalized spacial score (nSPS) is 12.1. The van der Waals surface area contributed by atoms with Crippen LogP contribution in [0.15, 0.2) is 29.4 Å². The molecule has 1 atom stereocenters. The number of carbonyl (C=O) groups excluding carboxylic acids is 1. The molecule has 0 spiro atoms. The van der Waals surface area contributed by atoms with Gasteiger partial charge in [0.2, 0.25) is 11.1 Å². The number of nitrogens with zero attached hydrogens (tertiary/aromatic N) is 3. The topological polar surface area (TPSA) is 85.8 Å². The van der Waals surface area contributed by atoms with Crippen LogP contribution in [-0.2, 0) is 4.79 Å². The first-order chi connectivity index (χ1) is 10.5. The van der Waals surface area contributed by atoms with Gasteiger partial charge in [-0.2, -0.15) is 0 Å². The standard InChI is InChI=1S/C15H21N5OS/c1-4-13(12-7-5-10(2)6-8-12)17-14(21)9-22-15-19-18-11(3)20(15)16/h5-8,13H,4,9,16H2,1-3H3,(H,17,21)/t13-/m0/s1. The van der Waals surface area contributed by atoms with Crippen LogP contribution in [-0.4, -0.2) is 26.5 Å². The Bertz CT molecular complexity index is 638. The van der Waals surface area contributed by atoms with Crippen molar-refractivity contribution in [3.05, 3.63) is 41.2 Å². The van der Waals surface area contributed by atoms with Crippen molar-refractivity contribution in [2.75, 3.05) is 11.6 Å². The van der Waals surface area contributed by atoms with Gasteiger partial charge in [0.05, 0.1) is 11.8 Å². The molecule has 0 unspecified atom stereocenters. The fourth-order valence-electron chi connectivity index (χ4n) is 2.03. The number of aryl methyl sites for hydroxylation is 2. The average molecular weight is 319 g/mol. The van der Waals surface area contributed by atoms with Crippen LogP contribution in [0.5, 0.6) is 0 Å². The predicted octanol–water partition coefficient (Wildman–Crippen LogP) is 1.97. The molecule has 0 fully saturated rings. The third-order valence-corrected chi connectivity index (χ3v) is 4.33. The lowest BCUT2D eigenvalue weighted by Gasteiger charge is -2.17. The van der Waals surface area contributed by atoms with E-state index in [0.717, 1.165) is 12.0 Å². The molecule has 0 bridgehead atoms. The molecule has 1 heterocycles. The molecule has 1 aromatic heterocycles. The van der Waals surface area contributed by atoms with Crippen LogP contribution in [0.4, 0.5) is 0 Å². The van der Waals surface area contributed by atoms with Crippen molar-refractivity contribution in [3.63, 3.8) is 0 Å². The van der Waals surface area contributed by atoms with Gasteiger partial charge in [0.1, 0.15) is 5.82 Å². The molecule has 0 aliphatic rings. The predicted molar refractivity (Wildman–Crippen MR) is 88.0 cm³/mol. The van der Waals surface area contributed by atoms with Crippen molar-refractivity contribution >= 4 is 17.7 Å². The summed E-state index contributed by atoms with van der Waals surface area (Å²) in [5.74, 6) is 6.60. The number of carbonyl (C=O) groups is 1. The van der Waals surface area contributed by atoms with Crippen molar-refractivity contribution in [1.29, 1.82) is 0 Å². The van der Waals surface area contributed by atoms with Gasteiger partial charge < -0.3 is 11.2 Å². The lowest BCUT2D eigenvalue weighted by Crippen LogP contribution is -2.29. The van der Waals surface area contributed by atoms with E-state index in [4.69, 9.17) is 5.84 Å². The van der Waals surface area contributed by atoms with E-state index in [9.17, 15) is 4.79 Å². The van der Waals surface area contributed by atoms with E-state index >= 15 is 0 Å². The highest BCUT2D eigenvalue weighted by Crippen LogP contribution is 2.18. The van der Waals surface area contributed by atoms with Crippen LogP contribution < -0.4 is 11.2 Å². The number of nitrogens with one attached hydrogen (secondary N) is 1. The van der Waals surface area contributed by atoms with Gasteiger partial charge >= 0.3 is 0 Å². The second-order valence-corrected chi connectivity index (χ2v) is 6.07. The maximum absolute atomic E-state index is 12.1. The highest BCUT2D eigenvalue weighted by Gasteiger charge is 2.14. The monoisotopic (exact) mass is 319 g/mol. The first-order valence-corrected chi connectivity index (χ1v) is 8.15. The summed E-state index contributed by atoms with van der Waals surface area (Å²) < 4.78 is 1.38. The van der Waals surface area contributed by atoms with Gasteiger partial charge in [-0.3, -0.25) is 4.79 Å². The summed E-state index contributed by atoms with van der Waals surface area (Å²) in [4.78, 5) is 12.1. The molecule has 1 amide bonds. The quantitative estimate of drug-likeness (QED) is 0.628. The van der Waals surface area contributed by atoms with Crippen molar-refractivity contribution in [1.82, 2.24) is 20.2 Å². The summed E-state index contributed by atoms with van der Waals surface area (Å²) in [5, 5.41) is 11.4. The van der Waals surface area contributed by atoms with Crippen molar-refractivity contribution in [2.45, 2.75) is 38.4 Å². The molecule has 6 nitrogen and oxygen atoms in total. The molecular formula is C15H21N5OS. The summed E-state index contributed by atoms with van der Waals surface area (Å²) in [5.41, 5.74) is 2.32. The van der Waals surface area contributed by atoms with Crippen molar-refractivity contribution in [2.24, 2.45) is 0 Å². The van der Waals surface area contributed by atoms with Gasteiger partial charge in [0.15, 0.2) is 0 Å². The van der Waals surface area contributed by atoms with Crippen LogP contribution in [0.25, 0.3) is 0 Å². The summed E-state index contributed by atoms with van der Waals surface area (Å²) in [6, 6.07) is 8.23. The van der Waals surface area contributed by atoms with Gasteiger partial charge in [-0.25, -0.2) is 4.68 Å². The smallest absolute Gasteiger partial charge is 0.230 e. The Kier molecular flexibility index (Phi) is 5.43. The molecule has 2 rings (SSSR count). The average Bonchev–Trinajstić information content (AvgIpc) is 2.83. The number of amides is 1. The molecule has 0 radical (unpaired) electrons. The highest BCUT2D eigenvalue weighted by atomic mass is 32.2. The van der Waals surface area contributed by atoms with Crippen LogP contribution in [0.3, 0.4) is 0 Å². The summed E-state index contributed by atoms with van der Waals surface area (Å²) >= 11 is 1.28. The number of hydrogen-bond donors (Lipinski definition) is 2. The minimum absolute atomic E-state index is 0.0196. The Morgan fingerprint density at radius 1 is 1.32 bits per heavy atom. The lowest BCUT2D eigenvalue weighted by atomic mass is 10.0. The second kappa shape index (κ2) is 7.31. The molecule has 118 valence electrons. The Hall–Kier alpha value is -2.02. The largest absolute Gasteiger partial charge is 0.349 e. The molecule has 7 heteroatoms. The van der Waals surface area contributed by atoms with E-state index < -0.39 is 0 Å². The molecular weight excluding hydrogens is 298 g/mol. The van der Waals surface area contributed by atoms with E-state index in [1.165, 1.54) is 22.0 Å². The molecule has 0 saturated heterocycles. The molecule has 0 aliphatic heterocycles. The Morgan fingerprint density at radius 3 is 2.55 bits per heavy atom. The Morgan fingerprint density at radius 2 is 2.00 bits per heavy atom. The SMILES string of the molecule is CC[C@H](NC(=O)CSc1nnc(C)n1N)c1ccc(C)cc1. The van der Waals surface area contributed by atoms with Gasteiger partial charge in [-0.15, -0.1) is 10.2 Å². The zero-order valence-corrected chi connectivity index (χ0v) is 13.9. The summed E-state index contributed by atoms with van der Waals surface area (Å²) in [7, 11) is 0. The number of hydrogen-bond acceptors (Lipinski definition) is 5. The third-order valence-electron chi connectivity index (χ3n) is 3.39. The fourth-order valence-corrected chi connectivity index (χ4v) is 2.75. The van der Waals surface area contributed by atoms with Crippen molar-refractivity contribution in [3.8, 4) is 0 Å². The summed E-state index contributed by atoms with van der Waals surface area (Å²) in [6.45, 7) is 5.87. The zero-order chi connectivity index (χ0) is 16.1. The number of nitrogen functional groups attached to an aromatic ring is 1. The molecule has 0 aliphatic carbocycles. The first-order valence-electron chi connectivity index (χ1n) is 7.17. The Labute approximate surface area is 134 Å². The van der Waals surface area contributed by atoms with E-state index in [2.05, 4.69) is 46.7 Å². The first kappa shape index (κ1) is 16.4. The third kappa shape index (κ3) is 4.00. The van der Waals surface area contributed by atoms with Gasteiger partial charge in [-0.1, -0.05) is 48.5 Å². The minimum Gasteiger partial charge on any atom is -0.349 e. The van der Waals surface area contributed by atoms with Crippen LogP contribution in [0, 0.1) is 13.8 Å². The second-order valence-electron chi connectivity index (χ2n) is 5.13. The van der Waals surface area contributed by atoms with E-state index in [1.807, 2.05) is 6.92 Å². The summed E-state index contributed by atoms with van der Waals surface area (Å²) in [6.07, 6.45) is 0.839. The van der Waals surface area contributed by atoms with Crippen molar-refractivity contribution < 1.29 is 4.79 Å². The van der Waals surface area contributed by atoms with E-state index in [-0.39, 0.29) is 17.7 Å². The van der Waals surface area contributed by atoms with Crippen LogP contribution in [0.1, 0.15) is 36.3 Å². The molecule has 0 saturated carbocycles. The molecule has 1 aromatic carbocycles. The highest BCUT2D eigenvalue weighted by molar-refractivity contribution is 7.99. The number of benzene rings is 1. The van der Waals surface area contributed by atoms with E-state index in [1.54, 1.807) is 6.92 Å². The van der Waals surface area contributed by atoms with E-state index in [0.29, 0.717) is 11.0 Å². The number of thioether (sulfide) groups is 1. The van der Waals surface area contributed by atoms with Gasteiger partial charge in [0, 0.05) is 0 Å². The maximum Gasteiger partial charge on any atom is 0.230 e. The maximum atomic E-state index is 12.1. The lowest BCUT2D eigenvalue weighted by molar-refractivity contribution is -0.119. The number of nitrogens with two attached hydrogens (primary N) is 1. The molecule has 22 heavy (non-hydrogen) atoms. The van der Waals surface area contributed by atoms with Gasteiger partial charge in [-0.05, 0) is 25.8 Å². The number of rotatable bonds is 6. The fraction of sp³-hybridized carbons (Fsp3) is 0.400. The molecule has 3 N–H and O–H groups in total. The number of aromatic nitrogens is 3. The van der Waals surface area contributed by atoms with Gasteiger partial charge in [0.25, 0.3) is 0 Å². The zero-order valence-electron chi connectivity index (χ0n) is 13.0. The Balaban J connectivity index is 1.92. The van der Waals surface area contributed by atoms with Crippen LogP contribution >= 0.6 is 11.8 Å².